The highest BCUT2D eigenvalue weighted by Gasteiger charge is 2.10. The van der Waals surface area contributed by atoms with Crippen LogP contribution in [0.15, 0.2) is 28.7 Å². The first kappa shape index (κ1) is 14.5. The van der Waals surface area contributed by atoms with Crippen LogP contribution in [0.2, 0.25) is 0 Å². The molecule has 2 rings (SSSR count). The summed E-state index contributed by atoms with van der Waals surface area (Å²) in [6.07, 6.45) is 0.967. The smallest absolute Gasteiger partial charge is 0.330 e. The van der Waals surface area contributed by atoms with Crippen LogP contribution >= 0.6 is 15.9 Å². The first-order valence-corrected chi connectivity index (χ1v) is 6.98. The molecule has 7 heteroatoms. The van der Waals surface area contributed by atoms with Gasteiger partial charge >= 0.3 is 12.0 Å². The Morgan fingerprint density at radius 1 is 1.15 bits per heavy atom. The van der Waals surface area contributed by atoms with Gasteiger partial charge in [-0.05, 0) is 34.5 Å². The van der Waals surface area contributed by atoms with Crippen molar-refractivity contribution < 1.29 is 9.47 Å². The maximum Gasteiger partial charge on any atom is 0.330 e. The van der Waals surface area contributed by atoms with Gasteiger partial charge in [-0.25, -0.2) is 0 Å². The van der Waals surface area contributed by atoms with Crippen molar-refractivity contribution in [2.75, 3.05) is 19.0 Å². The Hall–Kier alpha value is -1.89. The van der Waals surface area contributed by atoms with E-state index in [1.54, 1.807) is 0 Å². The summed E-state index contributed by atoms with van der Waals surface area (Å²) in [5, 5.41) is 3.08. The Bertz CT molecular complexity index is 580. The molecule has 0 atom stereocenters. The minimum absolute atomic E-state index is 0.183. The van der Waals surface area contributed by atoms with Crippen molar-refractivity contribution in [2.45, 2.75) is 13.3 Å². The van der Waals surface area contributed by atoms with Gasteiger partial charge in [0.1, 0.15) is 5.75 Å². The van der Waals surface area contributed by atoms with Gasteiger partial charge in [0.25, 0.3) is 0 Å². The second kappa shape index (κ2) is 7.04. The molecule has 0 fully saturated rings. The Kier molecular flexibility index (Phi) is 5.11. The number of anilines is 1. The van der Waals surface area contributed by atoms with Gasteiger partial charge in [-0.2, -0.15) is 9.97 Å². The zero-order valence-corrected chi connectivity index (χ0v) is 12.8. The molecule has 0 unspecified atom stereocenters. The highest BCUT2D eigenvalue weighted by Crippen LogP contribution is 2.28. The minimum Gasteiger partial charge on any atom is -0.467 e. The summed E-state index contributed by atoms with van der Waals surface area (Å²) in [4.78, 5) is 12.4. The van der Waals surface area contributed by atoms with Crippen molar-refractivity contribution in [1.82, 2.24) is 15.0 Å². The normalized spacial score (nSPS) is 10.2. The molecule has 1 heterocycles. The summed E-state index contributed by atoms with van der Waals surface area (Å²) in [6.45, 7) is 2.82. The van der Waals surface area contributed by atoms with Gasteiger partial charge < -0.3 is 14.8 Å². The topological polar surface area (TPSA) is 69.2 Å². The second-order valence-corrected chi connectivity index (χ2v) is 4.74. The zero-order chi connectivity index (χ0) is 14.4. The number of methoxy groups -OCH3 is 1. The Morgan fingerprint density at radius 3 is 2.60 bits per heavy atom. The van der Waals surface area contributed by atoms with Crippen molar-refractivity contribution in [3.05, 3.63) is 28.7 Å². The highest BCUT2D eigenvalue weighted by atomic mass is 79.9. The summed E-state index contributed by atoms with van der Waals surface area (Å²) < 4.78 is 11.5. The zero-order valence-electron chi connectivity index (χ0n) is 11.3. The molecule has 0 spiro atoms. The third-order valence-corrected chi connectivity index (χ3v) is 3.00. The summed E-state index contributed by atoms with van der Waals surface area (Å²) in [7, 11) is 1.50. The van der Waals surface area contributed by atoms with E-state index in [1.165, 1.54) is 7.11 Å². The predicted molar refractivity (Wildman–Crippen MR) is 79.4 cm³/mol. The Morgan fingerprint density at radius 2 is 1.90 bits per heavy atom. The number of hydrogen-bond donors (Lipinski definition) is 1. The van der Waals surface area contributed by atoms with Crippen LogP contribution in [0.5, 0.6) is 17.8 Å². The van der Waals surface area contributed by atoms with Crippen molar-refractivity contribution in [2.24, 2.45) is 0 Å². The molecule has 1 aromatic heterocycles. The van der Waals surface area contributed by atoms with Crippen LogP contribution < -0.4 is 14.8 Å². The van der Waals surface area contributed by atoms with Crippen LogP contribution in [0.3, 0.4) is 0 Å². The van der Waals surface area contributed by atoms with Crippen molar-refractivity contribution in [1.29, 1.82) is 0 Å². The van der Waals surface area contributed by atoms with Crippen LogP contribution in [-0.4, -0.2) is 28.6 Å². The molecular formula is C13H15BrN4O2. The molecule has 20 heavy (non-hydrogen) atoms. The number of rotatable bonds is 6. The fraction of sp³-hybridized carbons (Fsp3) is 0.308. The largest absolute Gasteiger partial charge is 0.467 e. The third kappa shape index (κ3) is 3.80. The van der Waals surface area contributed by atoms with E-state index in [4.69, 9.17) is 9.47 Å². The summed E-state index contributed by atoms with van der Waals surface area (Å²) >= 11 is 3.41. The van der Waals surface area contributed by atoms with Crippen LogP contribution in [0, 0.1) is 0 Å². The lowest BCUT2D eigenvalue weighted by Crippen LogP contribution is -2.07. The molecule has 0 saturated heterocycles. The molecule has 0 saturated carbocycles. The molecule has 1 N–H and O–H groups in total. The van der Waals surface area contributed by atoms with Gasteiger partial charge in [0.2, 0.25) is 5.95 Å². The van der Waals surface area contributed by atoms with Gasteiger partial charge in [-0.1, -0.05) is 19.1 Å². The van der Waals surface area contributed by atoms with Crippen LogP contribution in [0.4, 0.5) is 5.95 Å². The van der Waals surface area contributed by atoms with E-state index in [0.29, 0.717) is 11.7 Å². The summed E-state index contributed by atoms with van der Waals surface area (Å²) in [5.74, 6) is 1.06. The van der Waals surface area contributed by atoms with Gasteiger partial charge in [-0.15, -0.1) is 4.98 Å². The van der Waals surface area contributed by atoms with Crippen molar-refractivity contribution >= 4 is 21.9 Å². The number of halogens is 1. The standard InChI is InChI=1S/C13H15BrN4O2/c1-3-8-15-11-16-12(19-2)18-13(17-11)20-10-7-5-4-6-9(10)14/h4-7H,3,8H2,1-2H3,(H,15,16,17,18). The number of aromatic nitrogens is 3. The maximum atomic E-state index is 5.64. The van der Waals surface area contributed by atoms with Gasteiger partial charge in [0, 0.05) is 6.54 Å². The minimum atomic E-state index is 0.183. The maximum absolute atomic E-state index is 5.64. The Balaban J connectivity index is 2.24. The lowest BCUT2D eigenvalue weighted by Gasteiger charge is -2.09. The van der Waals surface area contributed by atoms with E-state index in [2.05, 4.69) is 43.1 Å². The van der Waals surface area contributed by atoms with Gasteiger partial charge in [0.15, 0.2) is 0 Å². The molecular weight excluding hydrogens is 324 g/mol. The molecule has 0 radical (unpaired) electrons. The first-order chi connectivity index (χ1) is 9.72. The SMILES string of the molecule is CCCNc1nc(OC)nc(Oc2ccccc2Br)n1. The van der Waals surface area contributed by atoms with E-state index in [-0.39, 0.29) is 12.0 Å². The van der Waals surface area contributed by atoms with Crippen molar-refractivity contribution in [3.63, 3.8) is 0 Å². The van der Waals surface area contributed by atoms with Crippen LogP contribution in [-0.2, 0) is 0 Å². The molecule has 0 aliphatic carbocycles. The monoisotopic (exact) mass is 338 g/mol. The first-order valence-electron chi connectivity index (χ1n) is 6.19. The van der Waals surface area contributed by atoms with Gasteiger partial charge in [0.05, 0.1) is 11.6 Å². The number of benzene rings is 1. The number of para-hydroxylation sites is 1. The second-order valence-electron chi connectivity index (χ2n) is 3.89. The van der Waals surface area contributed by atoms with Crippen molar-refractivity contribution in [3.8, 4) is 17.8 Å². The predicted octanol–water partition coefficient (Wildman–Crippen LogP) is 3.26. The molecule has 0 bridgehead atoms. The van der Waals surface area contributed by atoms with E-state index < -0.39 is 0 Å². The van der Waals surface area contributed by atoms with Crippen LogP contribution in [0.1, 0.15) is 13.3 Å². The molecule has 0 aliphatic rings. The molecule has 0 aliphatic heterocycles. The lowest BCUT2D eigenvalue weighted by atomic mass is 10.3. The Labute approximate surface area is 125 Å². The van der Waals surface area contributed by atoms with E-state index >= 15 is 0 Å². The summed E-state index contributed by atoms with van der Waals surface area (Å²) in [5.41, 5.74) is 0. The number of hydrogen-bond acceptors (Lipinski definition) is 6. The van der Waals surface area contributed by atoms with E-state index in [1.807, 2.05) is 24.3 Å². The quantitative estimate of drug-likeness (QED) is 0.871. The molecule has 1 aromatic carbocycles. The number of nitrogens with one attached hydrogen (secondary N) is 1. The fourth-order valence-corrected chi connectivity index (χ4v) is 1.78. The number of ether oxygens (including phenoxy) is 2. The third-order valence-electron chi connectivity index (χ3n) is 2.35. The molecule has 0 amide bonds. The highest BCUT2D eigenvalue weighted by molar-refractivity contribution is 9.10. The van der Waals surface area contributed by atoms with Gasteiger partial charge in [-0.3, -0.25) is 0 Å². The fourth-order valence-electron chi connectivity index (χ4n) is 1.42. The lowest BCUT2D eigenvalue weighted by molar-refractivity contribution is 0.359. The summed E-state index contributed by atoms with van der Waals surface area (Å²) in [6, 6.07) is 7.86. The average Bonchev–Trinajstić information content (AvgIpc) is 2.47. The molecule has 2 aromatic rings. The average molecular weight is 339 g/mol. The van der Waals surface area contributed by atoms with E-state index in [9.17, 15) is 0 Å². The molecule has 106 valence electrons. The molecule has 6 nitrogen and oxygen atoms in total. The number of nitrogens with zero attached hydrogens (tertiary/aromatic N) is 3. The van der Waals surface area contributed by atoms with E-state index in [0.717, 1.165) is 17.4 Å². The van der Waals surface area contributed by atoms with Crippen LogP contribution in [0.25, 0.3) is 0 Å².